The minimum Gasteiger partial charge on any atom is -0.360 e. The molecule has 0 unspecified atom stereocenters. The first kappa shape index (κ1) is 16.5. The summed E-state index contributed by atoms with van der Waals surface area (Å²) in [5.74, 6) is -0.142. The number of carbonyl (C=O) groups excluding carboxylic acids is 2. The van der Waals surface area contributed by atoms with Gasteiger partial charge in [-0.2, -0.15) is 0 Å². The fraction of sp³-hybridized carbons (Fsp3) is 0.333. The Balaban J connectivity index is 1.75. The predicted molar refractivity (Wildman–Crippen MR) is 97.2 cm³/mol. The third-order valence-corrected chi connectivity index (χ3v) is 5.03. The molecule has 0 fully saturated rings. The highest BCUT2D eigenvalue weighted by Gasteiger charge is 2.26. The van der Waals surface area contributed by atoms with Crippen LogP contribution in [0.5, 0.6) is 0 Å². The Morgan fingerprint density at radius 3 is 2.88 bits per heavy atom. The average molecular weight is 343 g/mol. The number of amides is 2. The first-order valence-corrected chi connectivity index (χ1v) is 8.83. The maximum Gasteiger partial charge on any atom is 0.242 e. The zero-order chi connectivity index (χ0) is 17.1. The lowest BCUT2D eigenvalue weighted by Crippen LogP contribution is -2.40. The average Bonchev–Trinajstić information content (AvgIpc) is 3.03. The van der Waals surface area contributed by atoms with E-state index in [2.05, 4.69) is 5.32 Å². The van der Waals surface area contributed by atoms with E-state index < -0.39 is 0 Å². The summed E-state index contributed by atoms with van der Waals surface area (Å²) in [4.78, 5) is 29.6. The van der Waals surface area contributed by atoms with Gasteiger partial charge in [-0.1, -0.05) is 25.1 Å². The summed E-state index contributed by atoms with van der Waals surface area (Å²) in [7, 11) is 1.82. The lowest BCUT2D eigenvalue weighted by atomic mass is 10.1. The third-order valence-electron chi connectivity index (χ3n) is 4.17. The number of benzene rings is 1. The molecule has 24 heavy (non-hydrogen) atoms. The second-order valence-corrected chi connectivity index (χ2v) is 7.15. The monoisotopic (exact) mass is 343 g/mol. The molecule has 0 spiro atoms. The first-order chi connectivity index (χ1) is 11.5. The zero-order valence-corrected chi connectivity index (χ0v) is 14.7. The highest BCUT2D eigenvalue weighted by molar-refractivity contribution is 7.09. The van der Waals surface area contributed by atoms with Crippen molar-refractivity contribution in [1.29, 1.82) is 0 Å². The molecule has 1 aliphatic heterocycles. The van der Waals surface area contributed by atoms with E-state index in [-0.39, 0.29) is 24.3 Å². The first-order valence-electron chi connectivity index (χ1n) is 7.96. The standard InChI is InChI=1S/C18H21N3O2S/c1-13-10-21(16-8-4-3-7-15(16)19-18(13)23)12-17(22)20(2)11-14-6-5-9-24-14/h3-9,13H,10-12H2,1-2H3,(H,19,23)/t13-/m0/s1. The van der Waals surface area contributed by atoms with E-state index in [9.17, 15) is 9.59 Å². The van der Waals surface area contributed by atoms with E-state index in [0.29, 0.717) is 13.1 Å². The Kier molecular flexibility index (Phi) is 4.85. The lowest BCUT2D eigenvalue weighted by Gasteiger charge is -2.27. The van der Waals surface area contributed by atoms with E-state index >= 15 is 0 Å². The fourth-order valence-electron chi connectivity index (χ4n) is 2.78. The molecule has 2 aromatic rings. The van der Waals surface area contributed by atoms with Crippen LogP contribution in [0.25, 0.3) is 0 Å². The van der Waals surface area contributed by atoms with Gasteiger partial charge < -0.3 is 15.1 Å². The quantitative estimate of drug-likeness (QED) is 0.929. The smallest absolute Gasteiger partial charge is 0.242 e. The normalized spacial score (nSPS) is 17.0. The van der Waals surface area contributed by atoms with Crippen LogP contribution in [-0.2, 0) is 16.1 Å². The largest absolute Gasteiger partial charge is 0.360 e. The highest BCUT2D eigenvalue weighted by atomic mass is 32.1. The number of rotatable bonds is 4. The number of para-hydroxylation sites is 2. The topological polar surface area (TPSA) is 52.7 Å². The molecular weight excluding hydrogens is 322 g/mol. The van der Waals surface area contributed by atoms with Crippen LogP contribution in [0.15, 0.2) is 41.8 Å². The number of hydrogen-bond acceptors (Lipinski definition) is 4. The molecular formula is C18H21N3O2S. The van der Waals surface area contributed by atoms with Crippen LogP contribution >= 0.6 is 11.3 Å². The second kappa shape index (κ2) is 7.05. The molecule has 0 radical (unpaired) electrons. The number of hydrogen-bond donors (Lipinski definition) is 1. The number of likely N-dealkylation sites (N-methyl/N-ethyl adjacent to an activating group) is 1. The number of thiophene rings is 1. The highest BCUT2D eigenvalue weighted by Crippen LogP contribution is 2.29. The van der Waals surface area contributed by atoms with Crippen LogP contribution in [0.3, 0.4) is 0 Å². The van der Waals surface area contributed by atoms with Crippen molar-refractivity contribution >= 4 is 34.5 Å². The second-order valence-electron chi connectivity index (χ2n) is 6.12. The molecule has 126 valence electrons. The molecule has 1 aliphatic rings. The van der Waals surface area contributed by atoms with Gasteiger partial charge in [0.15, 0.2) is 0 Å². The SMILES string of the molecule is C[C@H]1CN(CC(=O)N(C)Cc2cccs2)c2ccccc2NC1=O. The number of carbonyl (C=O) groups is 2. The van der Waals surface area contributed by atoms with Gasteiger partial charge in [-0.15, -0.1) is 11.3 Å². The summed E-state index contributed by atoms with van der Waals surface area (Å²) in [6, 6.07) is 11.6. The van der Waals surface area contributed by atoms with Crippen LogP contribution in [0.4, 0.5) is 11.4 Å². The summed E-state index contributed by atoms with van der Waals surface area (Å²) in [5.41, 5.74) is 1.66. The minimum atomic E-state index is -0.173. The van der Waals surface area contributed by atoms with E-state index in [1.54, 1.807) is 16.2 Å². The molecule has 1 aromatic heterocycles. The van der Waals surface area contributed by atoms with Gasteiger partial charge in [0.1, 0.15) is 0 Å². The molecule has 0 saturated heterocycles. The molecule has 1 N–H and O–H groups in total. The van der Waals surface area contributed by atoms with Crippen LogP contribution in [0.2, 0.25) is 0 Å². The van der Waals surface area contributed by atoms with Crippen molar-refractivity contribution < 1.29 is 9.59 Å². The van der Waals surface area contributed by atoms with Crippen molar-refractivity contribution in [3.8, 4) is 0 Å². The van der Waals surface area contributed by atoms with Crippen LogP contribution < -0.4 is 10.2 Å². The van der Waals surface area contributed by atoms with Gasteiger partial charge in [0.2, 0.25) is 11.8 Å². The van der Waals surface area contributed by atoms with Crippen molar-refractivity contribution in [1.82, 2.24) is 4.90 Å². The molecule has 5 nitrogen and oxygen atoms in total. The molecule has 0 bridgehead atoms. The van der Waals surface area contributed by atoms with Crippen LogP contribution in [-0.4, -0.2) is 36.9 Å². The summed E-state index contributed by atoms with van der Waals surface area (Å²) in [5, 5.41) is 4.95. The van der Waals surface area contributed by atoms with E-state index in [1.165, 1.54) is 0 Å². The van der Waals surface area contributed by atoms with Gasteiger partial charge in [0.05, 0.1) is 30.4 Å². The summed E-state index contributed by atoms with van der Waals surface area (Å²) < 4.78 is 0. The Hall–Kier alpha value is -2.34. The van der Waals surface area contributed by atoms with Gasteiger partial charge in [0, 0.05) is 18.5 Å². The molecule has 6 heteroatoms. The maximum absolute atomic E-state index is 12.6. The third kappa shape index (κ3) is 3.59. The Morgan fingerprint density at radius 1 is 1.33 bits per heavy atom. The van der Waals surface area contributed by atoms with Gasteiger partial charge in [-0.25, -0.2) is 0 Å². The maximum atomic E-state index is 12.6. The number of anilines is 2. The van der Waals surface area contributed by atoms with Gasteiger partial charge in [-0.05, 0) is 23.6 Å². The van der Waals surface area contributed by atoms with Crippen LogP contribution in [0.1, 0.15) is 11.8 Å². The molecule has 0 saturated carbocycles. The predicted octanol–water partition coefficient (Wildman–Crippen LogP) is 2.80. The van der Waals surface area contributed by atoms with Gasteiger partial charge in [0.25, 0.3) is 0 Å². The van der Waals surface area contributed by atoms with Crippen molar-refractivity contribution in [2.24, 2.45) is 5.92 Å². The summed E-state index contributed by atoms with van der Waals surface area (Å²) in [6.07, 6.45) is 0. The van der Waals surface area contributed by atoms with Crippen LogP contribution in [0, 0.1) is 5.92 Å². The summed E-state index contributed by atoms with van der Waals surface area (Å²) >= 11 is 1.65. The van der Waals surface area contributed by atoms with Crippen molar-refractivity contribution in [3.63, 3.8) is 0 Å². The molecule has 2 heterocycles. The number of fused-ring (bicyclic) bond motifs is 1. The fourth-order valence-corrected chi connectivity index (χ4v) is 3.54. The number of nitrogens with zero attached hydrogens (tertiary/aromatic N) is 2. The lowest BCUT2D eigenvalue weighted by molar-refractivity contribution is -0.129. The van der Waals surface area contributed by atoms with Crippen molar-refractivity contribution in [3.05, 3.63) is 46.7 Å². The Bertz CT molecular complexity index is 730. The van der Waals surface area contributed by atoms with Crippen molar-refractivity contribution in [2.75, 3.05) is 30.4 Å². The van der Waals surface area contributed by atoms with Gasteiger partial charge >= 0.3 is 0 Å². The molecule has 2 amide bonds. The Labute approximate surface area is 145 Å². The molecule has 0 aliphatic carbocycles. The van der Waals surface area contributed by atoms with Gasteiger partial charge in [-0.3, -0.25) is 9.59 Å². The molecule has 1 aromatic carbocycles. The zero-order valence-electron chi connectivity index (χ0n) is 13.9. The van der Waals surface area contributed by atoms with E-state index in [4.69, 9.17) is 0 Å². The molecule has 3 rings (SSSR count). The Morgan fingerprint density at radius 2 is 2.12 bits per heavy atom. The van der Waals surface area contributed by atoms with E-state index in [1.807, 2.05) is 60.6 Å². The number of nitrogens with one attached hydrogen (secondary N) is 1. The van der Waals surface area contributed by atoms with E-state index in [0.717, 1.165) is 16.3 Å². The van der Waals surface area contributed by atoms with Crippen molar-refractivity contribution in [2.45, 2.75) is 13.5 Å². The molecule has 1 atom stereocenters. The summed E-state index contributed by atoms with van der Waals surface area (Å²) in [6.45, 7) is 3.28. The minimum absolute atomic E-state index is 0.00987.